The molecule has 0 spiro atoms. The van der Waals surface area contributed by atoms with Crippen LogP contribution in [0.4, 0.5) is 5.82 Å². The summed E-state index contributed by atoms with van der Waals surface area (Å²) in [6, 6.07) is 1.80. The van der Waals surface area contributed by atoms with Gasteiger partial charge in [0.25, 0.3) is 0 Å². The van der Waals surface area contributed by atoms with Crippen molar-refractivity contribution in [2.75, 3.05) is 0 Å². The highest BCUT2D eigenvalue weighted by Gasteiger charge is 2.16. The van der Waals surface area contributed by atoms with Gasteiger partial charge < -0.3 is 9.97 Å². The minimum absolute atomic E-state index is 0.235. The van der Waals surface area contributed by atoms with E-state index in [4.69, 9.17) is 6.57 Å². The first-order valence-electron chi connectivity index (χ1n) is 4.10. The van der Waals surface area contributed by atoms with E-state index in [1.54, 1.807) is 19.2 Å². The summed E-state index contributed by atoms with van der Waals surface area (Å²) >= 11 is 0. The van der Waals surface area contributed by atoms with Gasteiger partial charge in [-0.2, -0.15) is 4.85 Å². The Balaban J connectivity index is 2.66. The number of rotatable bonds is 1. The topological polar surface area (TPSA) is 68.8 Å². The molecule has 0 aliphatic heterocycles. The molecule has 0 saturated carbocycles. The van der Waals surface area contributed by atoms with E-state index < -0.39 is 0 Å². The second-order valence-electron chi connectivity index (χ2n) is 2.95. The minimum atomic E-state index is -0.235. The number of aryl methyl sites for hydroxylation is 1. The molecule has 0 fully saturated rings. The Labute approximate surface area is 79.6 Å². The van der Waals surface area contributed by atoms with Crippen molar-refractivity contribution in [2.24, 2.45) is 0 Å². The van der Waals surface area contributed by atoms with Crippen LogP contribution in [0.2, 0.25) is 0 Å². The highest BCUT2D eigenvalue weighted by atomic mass is 16.1. The van der Waals surface area contributed by atoms with Gasteiger partial charge in [-0.25, -0.2) is 9.78 Å². The monoisotopic (exact) mass is 189 g/mol. The first-order valence-corrected chi connectivity index (χ1v) is 4.10. The summed E-state index contributed by atoms with van der Waals surface area (Å²) in [5, 5.41) is 0. The van der Waals surface area contributed by atoms with E-state index in [0.717, 1.165) is 11.3 Å². The molecule has 5 heteroatoms. The molecule has 0 aliphatic rings. The van der Waals surface area contributed by atoms with Gasteiger partial charge in [-0.15, -0.1) is 0 Å². The van der Waals surface area contributed by atoms with Crippen molar-refractivity contribution in [3.63, 3.8) is 0 Å². The molecule has 3 N–H and O–H groups in total. The Bertz CT molecular complexity index is 552. The molecule has 0 aliphatic carbocycles. The zero-order chi connectivity index (χ0) is 10.1. The predicted octanol–water partition coefficient (Wildman–Crippen LogP) is 1.60. The molecule has 2 aromatic heterocycles. The van der Waals surface area contributed by atoms with E-state index in [2.05, 4.69) is 19.8 Å². The lowest BCUT2D eigenvalue weighted by molar-refractivity contribution is 1.16. The third kappa shape index (κ3) is 1.13. The Morgan fingerprint density at radius 3 is 2.79 bits per heavy atom. The largest absolute Gasteiger partial charge is 0.392 e. The van der Waals surface area contributed by atoms with Crippen molar-refractivity contribution in [1.29, 1.82) is 0 Å². The van der Waals surface area contributed by atoms with Crippen LogP contribution in [-0.4, -0.2) is 15.0 Å². The van der Waals surface area contributed by atoms with Gasteiger partial charge in [0.1, 0.15) is 12.1 Å². The molecule has 0 aromatic carbocycles. The van der Waals surface area contributed by atoms with Crippen LogP contribution >= 0.6 is 0 Å². The normalized spacial score (nSPS) is 10.0. The van der Waals surface area contributed by atoms with Crippen LogP contribution < -0.4 is 5.69 Å². The highest BCUT2D eigenvalue weighted by Crippen LogP contribution is 2.28. The third-order valence-electron chi connectivity index (χ3n) is 2.04. The summed E-state index contributed by atoms with van der Waals surface area (Å²) < 4.78 is 0. The zero-order valence-corrected chi connectivity index (χ0v) is 7.59. The summed E-state index contributed by atoms with van der Waals surface area (Å²) in [7, 11) is 0. The summed E-state index contributed by atoms with van der Waals surface area (Å²) in [5.74, 6) is 0.545. The van der Waals surface area contributed by atoms with Crippen LogP contribution in [0.1, 0.15) is 5.69 Å². The van der Waals surface area contributed by atoms with Crippen molar-refractivity contribution < 1.29 is 0 Å². The summed E-state index contributed by atoms with van der Waals surface area (Å²) in [6.45, 7) is 6.99. The van der Waals surface area contributed by atoms with Crippen LogP contribution in [0.25, 0.3) is 16.1 Å². The standard InChI is InChI=1S/C9H8N4O/c1-5-7(13-9(14)12-5)6-3-4-11-8(6)10-2/h2-4,11H,1H3,(H-,12,13,14)/p+1. The second-order valence-corrected chi connectivity index (χ2v) is 2.95. The molecule has 2 aromatic rings. The Morgan fingerprint density at radius 2 is 2.21 bits per heavy atom. The zero-order valence-electron chi connectivity index (χ0n) is 7.59. The van der Waals surface area contributed by atoms with Gasteiger partial charge in [-0.3, -0.25) is 0 Å². The van der Waals surface area contributed by atoms with Crippen LogP contribution in [0.15, 0.2) is 17.1 Å². The van der Waals surface area contributed by atoms with Gasteiger partial charge in [-0.1, -0.05) is 0 Å². The van der Waals surface area contributed by atoms with Gasteiger partial charge in [0, 0.05) is 5.69 Å². The molecular formula is C9H9N4O+. The van der Waals surface area contributed by atoms with E-state index >= 15 is 0 Å². The molecule has 0 bridgehead atoms. The molecule has 70 valence electrons. The summed E-state index contributed by atoms with van der Waals surface area (Å²) in [4.78, 5) is 22.8. The first kappa shape index (κ1) is 8.38. The van der Waals surface area contributed by atoms with Gasteiger partial charge in [0.2, 0.25) is 0 Å². The number of aromatic amines is 3. The van der Waals surface area contributed by atoms with Crippen molar-refractivity contribution in [1.82, 2.24) is 15.0 Å². The minimum Gasteiger partial charge on any atom is -0.310 e. The van der Waals surface area contributed by atoms with Crippen LogP contribution in [0.5, 0.6) is 0 Å². The number of hydrogen-bond donors (Lipinski definition) is 3. The predicted molar refractivity (Wildman–Crippen MR) is 53.9 cm³/mol. The number of nitrogens with one attached hydrogen (secondary N) is 3. The van der Waals surface area contributed by atoms with E-state index in [1.807, 2.05) is 0 Å². The SMILES string of the molecule is C#[N+]c1[nH]ccc1-c1[nH]c(=O)[nH]c1C. The number of nitrogens with zero attached hydrogens (tertiary/aromatic N) is 1. The van der Waals surface area contributed by atoms with Crippen molar-refractivity contribution >= 4 is 5.82 Å². The van der Waals surface area contributed by atoms with E-state index in [-0.39, 0.29) is 5.69 Å². The lowest BCUT2D eigenvalue weighted by Gasteiger charge is -1.90. The average molecular weight is 189 g/mol. The number of hydrogen-bond acceptors (Lipinski definition) is 1. The second kappa shape index (κ2) is 2.92. The number of imidazole rings is 1. The average Bonchev–Trinajstić information content (AvgIpc) is 2.71. The fourth-order valence-corrected chi connectivity index (χ4v) is 1.41. The van der Waals surface area contributed by atoms with Crippen molar-refractivity contribution in [3.8, 4) is 17.8 Å². The maximum Gasteiger partial charge on any atom is 0.392 e. The summed E-state index contributed by atoms with van der Waals surface area (Å²) in [5.41, 5.74) is 2.02. The maximum absolute atomic E-state index is 11.0. The van der Waals surface area contributed by atoms with Gasteiger partial charge in [0.05, 0.1) is 11.9 Å². The molecule has 14 heavy (non-hydrogen) atoms. The first-order chi connectivity index (χ1) is 6.72. The van der Waals surface area contributed by atoms with Crippen molar-refractivity contribution in [2.45, 2.75) is 6.92 Å². The molecular weight excluding hydrogens is 180 g/mol. The Morgan fingerprint density at radius 1 is 1.43 bits per heavy atom. The molecule has 0 unspecified atom stereocenters. The molecule has 5 nitrogen and oxygen atoms in total. The number of H-pyrrole nitrogens is 3. The van der Waals surface area contributed by atoms with Crippen LogP contribution in [-0.2, 0) is 0 Å². The highest BCUT2D eigenvalue weighted by molar-refractivity contribution is 5.75. The fourth-order valence-electron chi connectivity index (χ4n) is 1.41. The Hall–Kier alpha value is -2.22. The molecule has 2 heterocycles. The van der Waals surface area contributed by atoms with Gasteiger partial charge in [-0.05, 0) is 13.0 Å². The van der Waals surface area contributed by atoms with E-state index in [9.17, 15) is 4.79 Å². The molecule has 0 amide bonds. The van der Waals surface area contributed by atoms with Gasteiger partial charge in [0.15, 0.2) is 0 Å². The van der Waals surface area contributed by atoms with E-state index in [0.29, 0.717) is 11.5 Å². The quantitative estimate of drug-likeness (QED) is 0.626. The lowest BCUT2D eigenvalue weighted by Crippen LogP contribution is -2.00. The van der Waals surface area contributed by atoms with Gasteiger partial charge >= 0.3 is 11.5 Å². The smallest absolute Gasteiger partial charge is 0.310 e. The van der Waals surface area contributed by atoms with E-state index in [1.165, 1.54) is 0 Å². The Kier molecular flexibility index (Phi) is 1.75. The third-order valence-corrected chi connectivity index (χ3v) is 2.04. The number of aromatic nitrogens is 3. The van der Waals surface area contributed by atoms with Crippen LogP contribution in [0.3, 0.4) is 0 Å². The molecule has 2 rings (SSSR count). The molecule has 0 saturated heterocycles. The molecule has 0 radical (unpaired) electrons. The maximum atomic E-state index is 11.0. The molecule has 0 atom stereocenters. The van der Waals surface area contributed by atoms with Crippen molar-refractivity contribution in [3.05, 3.63) is 33.3 Å². The van der Waals surface area contributed by atoms with Crippen LogP contribution in [0, 0.1) is 13.5 Å². The fraction of sp³-hybridized carbons (Fsp3) is 0.111. The lowest BCUT2D eigenvalue weighted by atomic mass is 10.2. The summed E-state index contributed by atoms with van der Waals surface area (Å²) in [6.07, 6.45) is 1.71.